The van der Waals surface area contributed by atoms with Crippen molar-refractivity contribution < 1.29 is 0 Å². The van der Waals surface area contributed by atoms with Gasteiger partial charge in [-0.3, -0.25) is 4.99 Å². The first-order chi connectivity index (χ1) is 10.3. The third kappa shape index (κ3) is 11.5. The van der Waals surface area contributed by atoms with Crippen molar-refractivity contribution in [3.63, 3.8) is 0 Å². The molecule has 21 heavy (non-hydrogen) atoms. The van der Waals surface area contributed by atoms with Gasteiger partial charge in [-0.15, -0.1) is 0 Å². The molecule has 1 nitrogen and oxygen atoms in total. The lowest BCUT2D eigenvalue weighted by Crippen LogP contribution is -2.04. The molecule has 0 unspecified atom stereocenters. The van der Waals surface area contributed by atoms with Crippen LogP contribution >= 0.6 is 0 Å². The maximum absolute atomic E-state index is 4.12. The molecule has 0 amide bonds. The highest BCUT2D eigenvalue weighted by atomic mass is 14.6. The van der Waals surface area contributed by atoms with E-state index < -0.39 is 0 Å². The van der Waals surface area contributed by atoms with Gasteiger partial charge in [-0.05, 0) is 37.3 Å². The summed E-state index contributed by atoms with van der Waals surface area (Å²) >= 11 is 0. The number of hydrogen-bond donors (Lipinski definition) is 0. The monoisotopic (exact) mass is 291 g/mol. The lowest BCUT2D eigenvalue weighted by atomic mass is 9.87. The molecule has 0 spiro atoms. The highest BCUT2D eigenvalue weighted by molar-refractivity contribution is 5.73. The van der Waals surface area contributed by atoms with Gasteiger partial charge in [0.2, 0.25) is 0 Å². The predicted molar refractivity (Wildman–Crippen MR) is 98.3 cm³/mol. The maximum Gasteiger partial charge on any atom is 0.0277 e. The molecule has 0 aliphatic carbocycles. The zero-order chi connectivity index (χ0) is 15.8. The summed E-state index contributed by atoms with van der Waals surface area (Å²) in [6.45, 7) is 6.68. The van der Waals surface area contributed by atoms with E-state index in [1.54, 1.807) is 0 Å². The van der Waals surface area contributed by atoms with Crippen LogP contribution in [0.25, 0.3) is 0 Å². The van der Waals surface area contributed by atoms with Crippen molar-refractivity contribution in [1.29, 1.82) is 0 Å². The maximum atomic E-state index is 4.12. The molecule has 0 bridgehead atoms. The standard InChI is InChI=1S/C20H37N/c1-5-8-10-12-15-20(16-13-11-9-6-2)19(14-7-3)17-18-21-4/h7,14,17-18,20H,5-6,8-13,15-16H2,1-4H3/b14-7-,19-17+,21-18-. The van der Waals surface area contributed by atoms with Gasteiger partial charge in [0.1, 0.15) is 0 Å². The molecule has 0 rings (SSSR count). The van der Waals surface area contributed by atoms with E-state index in [1.165, 1.54) is 69.8 Å². The Hall–Kier alpha value is -0.850. The van der Waals surface area contributed by atoms with Crippen LogP contribution in [0.1, 0.15) is 85.0 Å². The minimum absolute atomic E-state index is 0.716. The number of hydrogen-bond acceptors (Lipinski definition) is 1. The van der Waals surface area contributed by atoms with E-state index in [9.17, 15) is 0 Å². The highest BCUT2D eigenvalue weighted by Crippen LogP contribution is 2.26. The second-order valence-electron chi connectivity index (χ2n) is 5.97. The predicted octanol–water partition coefficient (Wildman–Crippen LogP) is 6.75. The Bertz CT molecular complexity index is 287. The summed E-state index contributed by atoms with van der Waals surface area (Å²) in [6.07, 6.45) is 22.2. The molecule has 0 aromatic rings. The Morgan fingerprint density at radius 1 is 0.905 bits per heavy atom. The first-order valence-electron chi connectivity index (χ1n) is 9.05. The lowest BCUT2D eigenvalue weighted by molar-refractivity contribution is 0.461. The zero-order valence-electron chi connectivity index (χ0n) is 14.9. The summed E-state index contributed by atoms with van der Waals surface area (Å²) < 4.78 is 0. The topological polar surface area (TPSA) is 12.4 Å². The Morgan fingerprint density at radius 2 is 1.48 bits per heavy atom. The number of rotatable bonds is 13. The van der Waals surface area contributed by atoms with Gasteiger partial charge in [0.15, 0.2) is 0 Å². The van der Waals surface area contributed by atoms with Gasteiger partial charge in [-0.25, -0.2) is 0 Å². The fourth-order valence-corrected chi connectivity index (χ4v) is 2.79. The largest absolute Gasteiger partial charge is 0.297 e. The van der Waals surface area contributed by atoms with E-state index in [2.05, 4.69) is 44.0 Å². The van der Waals surface area contributed by atoms with Crippen LogP contribution in [0.15, 0.2) is 28.8 Å². The zero-order valence-corrected chi connectivity index (χ0v) is 14.9. The van der Waals surface area contributed by atoms with Crippen molar-refractivity contribution in [2.45, 2.75) is 85.0 Å². The average Bonchev–Trinajstić information content (AvgIpc) is 2.50. The van der Waals surface area contributed by atoms with E-state index >= 15 is 0 Å². The van der Waals surface area contributed by atoms with Crippen LogP contribution in [0.5, 0.6) is 0 Å². The molecular weight excluding hydrogens is 254 g/mol. The highest BCUT2D eigenvalue weighted by Gasteiger charge is 2.11. The molecule has 0 atom stereocenters. The molecule has 0 aromatic heterocycles. The van der Waals surface area contributed by atoms with Crippen LogP contribution in [-0.2, 0) is 0 Å². The molecule has 0 N–H and O–H groups in total. The Kier molecular flexibility index (Phi) is 14.9. The van der Waals surface area contributed by atoms with E-state index in [0.29, 0.717) is 5.92 Å². The average molecular weight is 292 g/mol. The van der Waals surface area contributed by atoms with E-state index in [0.717, 1.165) is 0 Å². The van der Waals surface area contributed by atoms with Crippen LogP contribution in [0, 0.1) is 5.92 Å². The molecule has 122 valence electrons. The summed E-state index contributed by atoms with van der Waals surface area (Å²) in [5.41, 5.74) is 1.47. The third-order valence-corrected chi connectivity index (χ3v) is 4.06. The van der Waals surface area contributed by atoms with Crippen LogP contribution in [-0.4, -0.2) is 13.3 Å². The third-order valence-electron chi connectivity index (χ3n) is 4.06. The van der Waals surface area contributed by atoms with E-state index in [-0.39, 0.29) is 0 Å². The Balaban J connectivity index is 4.55. The summed E-state index contributed by atoms with van der Waals surface area (Å²) in [4.78, 5) is 4.12. The Morgan fingerprint density at radius 3 is 1.90 bits per heavy atom. The lowest BCUT2D eigenvalue weighted by Gasteiger charge is -2.18. The Labute approximate surface area is 133 Å². The van der Waals surface area contributed by atoms with Crippen LogP contribution in [0.4, 0.5) is 0 Å². The molecule has 0 aromatic carbocycles. The normalized spacial score (nSPS) is 13.1. The second-order valence-corrected chi connectivity index (χ2v) is 5.97. The molecule has 1 heteroatoms. The van der Waals surface area contributed by atoms with Gasteiger partial charge in [0.25, 0.3) is 0 Å². The van der Waals surface area contributed by atoms with Crippen molar-refractivity contribution >= 4 is 6.21 Å². The number of allylic oxidation sites excluding steroid dienone is 4. The minimum Gasteiger partial charge on any atom is -0.297 e. The van der Waals surface area contributed by atoms with Crippen molar-refractivity contribution in [2.75, 3.05) is 7.05 Å². The first-order valence-corrected chi connectivity index (χ1v) is 9.05. The molecule has 0 aliphatic heterocycles. The number of nitrogens with zero attached hydrogens (tertiary/aromatic N) is 1. The fraction of sp³-hybridized carbons (Fsp3) is 0.750. The number of unbranched alkanes of at least 4 members (excludes halogenated alkanes) is 6. The SMILES string of the molecule is C\C=C/C(=C\C=N/C)C(CCCCCC)CCCCCC. The molecule has 0 saturated carbocycles. The summed E-state index contributed by atoms with van der Waals surface area (Å²) in [5, 5.41) is 0. The van der Waals surface area contributed by atoms with Gasteiger partial charge in [-0.1, -0.05) is 77.4 Å². The molecule has 0 saturated heterocycles. The van der Waals surface area contributed by atoms with Crippen molar-refractivity contribution in [3.8, 4) is 0 Å². The van der Waals surface area contributed by atoms with E-state index in [4.69, 9.17) is 0 Å². The number of aliphatic imine (C=N–C) groups is 1. The second kappa shape index (κ2) is 15.5. The summed E-state index contributed by atoms with van der Waals surface area (Å²) in [7, 11) is 1.85. The quantitative estimate of drug-likeness (QED) is 0.202. The van der Waals surface area contributed by atoms with Crippen LogP contribution in [0.2, 0.25) is 0 Å². The molecule has 0 radical (unpaired) electrons. The smallest absolute Gasteiger partial charge is 0.0277 e. The molecule has 0 aliphatic rings. The molecule has 0 heterocycles. The summed E-state index contributed by atoms with van der Waals surface area (Å²) in [5.74, 6) is 0.716. The minimum atomic E-state index is 0.716. The van der Waals surface area contributed by atoms with Gasteiger partial charge in [0, 0.05) is 13.3 Å². The van der Waals surface area contributed by atoms with E-state index in [1.807, 2.05) is 13.3 Å². The molecule has 0 fully saturated rings. The fourth-order valence-electron chi connectivity index (χ4n) is 2.79. The van der Waals surface area contributed by atoms with Crippen molar-refractivity contribution in [3.05, 3.63) is 23.8 Å². The van der Waals surface area contributed by atoms with Crippen LogP contribution < -0.4 is 0 Å². The summed E-state index contributed by atoms with van der Waals surface area (Å²) in [6, 6.07) is 0. The van der Waals surface area contributed by atoms with Crippen molar-refractivity contribution in [1.82, 2.24) is 0 Å². The van der Waals surface area contributed by atoms with Crippen LogP contribution in [0.3, 0.4) is 0 Å². The van der Waals surface area contributed by atoms with Gasteiger partial charge < -0.3 is 0 Å². The van der Waals surface area contributed by atoms with Gasteiger partial charge in [0.05, 0.1) is 0 Å². The van der Waals surface area contributed by atoms with Gasteiger partial charge in [-0.2, -0.15) is 0 Å². The molecular formula is C20H37N. The van der Waals surface area contributed by atoms with Crippen molar-refractivity contribution in [2.24, 2.45) is 10.9 Å². The van der Waals surface area contributed by atoms with Gasteiger partial charge >= 0.3 is 0 Å². The first kappa shape index (κ1) is 20.1.